The molecule has 1 fully saturated rings. The SMILES string of the molecule is CCCCCCCC[C@H]1c2c(CCCC)nnn2C[C@@H]2CCCN21. The molecule has 0 radical (unpaired) electrons. The summed E-state index contributed by atoms with van der Waals surface area (Å²) < 4.78 is 2.26. The first kappa shape index (κ1) is 17.9. The number of unbranched alkanes of at least 4 members (excludes halogenated alkanes) is 6. The van der Waals surface area contributed by atoms with E-state index in [9.17, 15) is 0 Å². The van der Waals surface area contributed by atoms with E-state index in [2.05, 4.69) is 33.7 Å². The molecular formula is C20H36N4. The van der Waals surface area contributed by atoms with Gasteiger partial charge in [-0.15, -0.1) is 5.10 Å². The van der Waals surface area contributed by atoms with Crippen molar-refractivity contribution in [2.75, 3.05) is 6.54 Å². The predicted molar refractivity (Wildman–Crippen MR) is 99.1 cm³/mol. The summed E-state index contributed by atoms with van der Waals surface area (Å²) in [5.74, 6) is 0. The summed E-state index contributed by atoms with van der Waals surface area (Å²) in [6.07, 6.45) is 15.9. The number of rotatable bonds is 10. The molecule has 1 aromatic heterocycles. The Kier molecular flexibility index (Phi) is 6.70. The Hall–Kier alpha value is -0.900. The standard InChI is InChI=1S/C20H36N4/c1-3-5-7-8-9-10-14-19-20-18(13-6-4-2)21-22-24(20)16-17-12-11-15-23(17)19/h17,19H,3-16H2,1-2H3/t17-,19-/m0/s1. The highest BCUT2D eigenvalue weighted by Gasteiger charge is 2.39. The molecule has 0 bridgehead atoms. The summed E-state index contributed by atoms with van der Waals surface area (Å²) in [6, 6.07) is 1.29. The minimum atomic E-state index is 0.583. The maximum absolute atomic E-state index is 4.57. The van der Waals surface area contributed by atoms with E-state index in [1.807, 2.05) is 0 Å². The monoisotopic (exact) mass is 332 g/mol. The van der Waals surface area contributed by atoms with Crippen LogP contribution in [0, 0.1) is 0 Å². The number of aromatic nitrogens is 3. The molecule has 0 unspecified atom stereocenters. The molecule has 0 saturated carbocycles. The first-order chi connectivity index (χ1) is 11.8. The fourth-order valence-electron chi connectivity index (χ4n) is 4.62. The van der Waals surface area contributed by atoms with Gasteiger partial charge in [-0.3, -0.25) is 4.90 Å². The van der Waals surface area contributed by atoms with Gasteiger partial charge in [0.2, 0.25) is 0 Å². The second-order valence-electron chi connectivity index (χ2n) is 7.81. The van der Waals surface area contributed by atoms with Crippen molar-refractivity contribution in [1.82, 2.24) is 19.9 Å². The Labute approximate surface area is 148 Å². The minimum absolute atomic E-state index is 0.583. The average molecular weight is 333 g/mol. The van der Waals surface area contributed by atoms with Crippen LogP contribution in [0.2, 0.25) is 0 Å². The first-order valence-corrected chi connectivity index (χ1v) is 10.5. The van der Waals surface area contributed by atoms with E-state index in [1.54, 1.807) is 0 Å². The topological polar surface area (TPSA) is 34.0 Å². The van der Waals surface area contributed by atoms with Crippen LogP contribution >= 0.6 is 0 Å². The van der Waals surface area contributed by atoms with Gasteiger partial charge in [0.25, 0.3) is 0 Å². The molecule has 136 valence electrons. The van der Waals surface area contributed by atoms with E-state index >= 15 is 0 Å². The van der Waals surface area contributed by atoms with Gasteiger partial charge in [-0.1, -0.05) is 64.0 Å². The zero-order valence-corrected chi connectivity index (χ0v) is 15.8. The van der Waals surface area contributed by atoms with Gasteiger partial charge >= 0.3 is 0 Å². The normalized spacial score (nSPS) is 23.4. The van der Waals surface area contributed by atoms with Crippen molar-refractivity contribution >= 4 is 0 Å². The molecule has 0 N–H and O–H groups in total. The molecule has 0 aliphatic carbocycles. The largest absolute Gasteiger partial charge is 0.290 e. The summed E-state index contributed by atoms with van der Waals surface area (Å²) in [4.78, 5) is 2.79. The molecule has 24 heavy (non-hydrogen) atoms. The maximum atomic E-state index is 4.57. The van der Waals surface area contributed by atoms with Crippen LogP contribution in [0.25, 0.3) is 0 Å². The van der Waals surface area contributed by atoms with E-state index in [1.165, 1.54) is 88.6 Å². The second kappa shape index (κ2) is 8.98. The van der Waals surface area contributed by atoms with Crippen molar-refractivity contribution in [3.8, 4) is 0 Å². The third kappa shape index (κ3) is 4.01. The zero-order chi connectivity index (χ0) is 16.8. The highest BCUT2D eigenvalue weighted by molar-refractivity contribution is 5.19. The number of hydrogen-bond acceptors (Lipinski definition) is 3. The molecular weight excluding hydrogens is 296 g/mol. The molecule has 4 nitrogen and oxygen atoms in total. The third-order valence-corrected chi connectivity index (χ3v) is 5.97. The quantitative estimate of drug-likeness (QED) is 0.572. The molecule has 1 saturated heterocycles. The van der Waals surface area contributed by atoms with Crippen molar-refractivity contribution in [1.29, 1.82) is 0 Å². The van der Waals surface area contributed by atoms with Crippen molar-refractivity contribution in [2.24, 2.45) is 0 Å². The lowest BCUT2D eigenvalue weighted by Crippen LogP contribution is -2.42. The van der Waals surface area contributed by atoms with Crippen LogP contribution < -0.4 is 0 Å². The summed E-state index contributed by atoms with van der Waals surface area (Å²) in [5.41, 5.74) is 2.76. The second-order valence-corrected chi connectivity index (χ2v) is 7.81. The molecule has 2 aliphatic heterocycles. The highest BCUT2D eigenvalue weighted by atomic mass is 15.5. The molecule has 0 amide bonds. The van der Waals surface area contributed by atoms with Gasteiger partial charge in [0, 0.05) is 6.04 Å². The molecule has 3 rings (SSSR count). The van der Waals surface area contributed by atoms with Gasteiger partial charge in [0.1, 0.15) is 0 Å². The van der Waals surface area contributed by atoms with Crippen LogP contribution in [0.1, 0.15) is 102 Å². The Balaban J connectivity index is 1.65. The number of fused-ring (bicyclic) bond motifs is 2. The number of hydrogen-bond donors (Lipinski definition) is 0. The van der Waals surface area contributed by atoms with Crippen molar-refractivity contribution in [3.63, 3.8) is 0 Å². The van der Waals surface area contributed by atoms with Gasteiger partial charge < -0.3 is 0 Å². The van der Waals surface area contributed by atoms with Gasteiger partial charge in [0.15, 0.2) is 0 Å². The lowest BCUT2D eigenvalue weighted by molar-refractivity contribution is 0.113. The Bertz CT molecular complexity index is 496. The molecule has 0 aromatic carbocycles. The van der Waals surface area contributed by atoms with Crippen LogP contribution in [0.15, 0.2) is 0 Å². The average Bonchev–Trinajstić information content (AvgIpc) is 3.22. The van der Waals surface area contributed by atoms with Crippen LogP contribution in [-0.2, 0) is 13.0 Å². The summed E-state index contributed by atoms with van der Waals surface area (Å²) in [6.45, 7) is 6.91. The molecule has 1 aromatic rings. The molecule has 2 aliphatic rings. The Morgan fingerprint density at radius 1 is 1.00 bits per heavy atom. The fraction of sp³-hybridized carbons (Fsp3) is 0.900. The summed E-state index contributed by atoms with van der Waals surface area (Å²) in [5, 5.41) is 9.10. The lowest BCUT2D eigenvalue weighted by Gasteiger charge is -2.38. The fourth-order valence-corrected chi connectivity index (χ4v) is 4.62. The van der Waals surface area contributed by atoms with E-state index in [0.717, 1.165) is 13.0 Å². The van der Waals surface area contributed by atoms with E-state index in [4.69, 9.17) is 0 Å². The van der Waals surface area contributed by atoms with E-state index in [-0.39, 0.29) is 0 Å². The van der Waals surface area contributed by atoms with Crippen LogP contribution in [0.3, 0.4) is 0 Å². The van der Waals surface area contributed by atoms with Crippen LogP contribution in [-0.4, -0.2) is 32.5 Å². The van der Waals surface area contributed by atoms with Gasteiger partial charge in [0.05, 0.1) is 24.0 Å². The highest BCUT2D eigenvalue weighted by Crippen LogP contribution is 2.39. The Morgan fingerprint density at radius 3 is 2.62 bits per heavy atom. The predicted octanol–water partition coefficient (Wildman–Crippen LogP) is 4.89. The van der Waals surface area contributed by atoms with Crippen molar-refractivity contribution in [3.05, 3.63) is 11.4 Å². The minimum Gasteiger partial charge on any atom is -0.290 e. The summed E-state index contributed by atoms with van der Waals surface area (Å²) >= 11 is 0. The third-order valence-electron chi connectivity index (χ3n) is 5.97. The number of aryl methyl sites for hydroxylation is 1. The van der Waals surface area contributed by atoms with Crippen LogP contribution in [0.4, 0.5) is 0 Å². The Morgan fingerprint density at radius 2 is 1.79 bits per heavy atom. The summed E-state index contributed by atoms with van der Waals surface area (Å²) in [7, 11) is 0. The smallest absolute Gasteiger partial charge is 0.0875 e. The van der Waals surface area contributed by atoms with Crippen molar-refractivity contribution in [2.45, 2.75) is 110 Å². The van der Waals surface area contributed by atoms with E-state index < -0.39 is 0 Å². The lowest BCUT2D eigenvalue weighted by atomic mass is 9.96. The van der Waals surface area contributed by atoms with E-state index in [0.29, 0.717) is 12.1 Å². The molecule has 0 spiro atoms. The zero-order valence-electron chi connectivity index (χ0n) is 15.8. The van der Waals surface area contributed by atoms with Crippen LogP contribution in [0.5, 0.6) is 0 Å². The van der Waals surface area contributed by atoms with Crippen molar-refractivity contribution < 1.29 is 0 Å². The molecule has 3 heterocycles. The van der Waals surface area contributed by atoms with Gasteiger partial charge in [-0.25, -0.2) is 4.68 Å². The maximum Gasteiger partial charge on any atom is 0.0875 e. The number of nitrogens with zero attached hydrogens (tertiary/aromatic N) is 4. The van der Waals surface area contributed by atoms with Gasteiger partial charge in [-0.2, -0.15) is 0 Å². The molecule has 2 atom stereocenters. The molecule has 4 heteroatoms. The first-order valence-electron chi connectivity index (χ1n) is 10.5. The van der Waals surface area contributed by atoms with Gasteiger partial charge in [-0.05, 0) is 38.6 Å².